The number of carbonyl (C=O) groups excluding carboxylic acids is 2. The monoisotopic (exact) mass is 376 g/mol. The molecule has 0 aliphatic carbocycles. The molecule has 0 fully saturated rings. The van der Waals surface area contributed by atoms with Gasteiger partial charge in [0.15, 0.2) is 5.78 Å². The fraction of sp³-hybridized carbons (Fsp3) is 0.0952. The van der Waals surface area contributed by atoms with Crippen molar-refractivity contribution in [2.45, 2.75) is 13.8 Å². The van der Waals surface area contributed by atoms with Gasteiger partial charge in [0.25, 0.3) is 0 Å². The lowest BCUT2D eigenvalue weighted by Gasteiger charge is -2.03. The number of thiophene rings is 1. The summed E-state index contributed by atoms with van der Waals surface area (Å²) in [7, 11) is 0. The summed E-state index contributed by atoms with van der Waals surface area (Å²) in [5, 5.41) is 5.51. The lowest BCUT2D eigenvalue weighted by atomic mass is 10.1. The van der Waals surface area contributed by atoms with Crippen LogP contribution in [0.2, 0.25) is 0 Å². The summed E-state index contributed by atoms with van der Waals surface area (Å²) < 4.78 is 7.29. The zero-order valence-corrected chi connectivity index (χ0v) is 15.6. The molecule has 27 heavy (non-hydrogen) atoms. The Labute approximate surface area is 159 Å². The van der Waals surface area contributed by atoms with Crippen molar-refractivity contribution in [2.24, 2.45) is 0 Å². The molecule has 5 nitrogen and oxygen atoms in total. The van der Waals surface area contributed by atoms with Gasteiger partial charge in [-0.05, 0) is 56.3 Å². The molecule has 0 aliphatic rings. The molecule has 0 saturated heterocycles. The molecule has 2 aromatic carbocycles. The Morgan fingerprint density at radius 1 is 1.04 bits per heavy atom. The Morgan fingerprint density at radius 3 is 2.41 bits per heavy atom. The molecule has 6 heteroatoms. The first-order chi connectivity index (χ1) is 13.0. The van der Waals surface area contributed by atoms with E-state index in [-0.39, 0.29) is 5.78 Å². The summed E-state index contributed by atoms with van der Waals surface area (Å²) in [5.41, 5.74) is 2.38. The Balaban J connectivity index is 1.64. The van der Waals surface area contributed by atoms with Crippen LogP contribution in [0, 0.1) is 6.92 Å². The van der Waals surface area contributed by atoms with Crippen LogP contribution in [-0.2, 0) is 0 Å². The van der Waals surface area contributed by atoms with Gasteiger partial charge in [-0.25, -0.2) is 9.48 Å². The Bertz CT molecular complexity index is 1140. The minimum atomic E-state index is -0.425. The highest BCUT2D eigenvalue weighted by Crippen LogP contribution is 2.31. The van der Waals surface area contributed by atoms with E-state index in [0.29, 0.717) is 16.2 Å². The summed E-state index contributed by atoms with van der Waals surface area (Å²) >= 11 is 1.35. The van der Waals surface area contributed by atoms with Crippen molar-refractivity contribution in [3.05, 3.63) is 76.8 Å². The van der Waals surface area contributed by atoms with E-state index in [9.17, 15) is 9.59 Å². The van der Waals surface area contributed by atoms with Gasteiger partial charge in [-0.2, -0.15) is 5.10 Å². The van der Waals surface area contributed by atoms with Gasteiger partial charge in [0.05, 0.1) is 11.4 Å². The number of esters is 1. The third-order valence-electron chi connectivity index (χ3n) is 4.22. The topological polar surface area (TPSA) is 61.2 Å². The van der Waals surface area contributed by atoms with Crippen molar-refractivity contribution in [1.82, 2.24) is 9.78 Å². The molecule has 134 valence electrons. The predicted octanol–water partition coefficient (Wildman–Crippen LogP) is 4.82. The third-order valence-corrected chi connectivity index (χ3v) is 5.31. The van der Waals surface area contributed by atoms with Crippen LogP contribution in [0.1, 0.15) is 32.6 Å². The van der Waals surface area contributed by atoms with Crippen molar-refractivity contribution in [1.29, 1.82) is 0 Å². The number of hydrogen-bond donors (Lipinski definition) is 0. The van der Waals surface area contributed by atoms with E-state index < -0.39 is 5.97 Å². The minimum Gasteiger partial charge on any atom is -0.422 e. The first-order valence-electron chi connectivity index (χ1n) is 8.40. The number of para-hydroxylation sites is 1. The highest BCUT2D eigenvalue weighted by Gasteiger charge is 2.18. The van der Waals surface area contributed by atoms with Gasteiger partial charge in [0, 0.05) is 10.9 Å². The number of ketones is 1. The van der Waals surface area contributed by atoms with E-state index in [4.69, 9.17) is 4.74 Å². The standard InChI is InChI=1S/C21H16N2O3S/c1-13-18-12-19(21(25)26-17-10-8-15(9-11-17)14(2)24)27-20(18)23(22-13)16-6-4-3-5-7-16/h3-12H,1-2H3. The fourth-order valence-corrected chi connectivity index (χ4v) is 3.87. The average Bonchev–Trinajstić information content (AvgIpc) is 3.24. The van der Waals surface area contributed by atoms with Crippen LogP contribution in [0.5, 0.6) is 5.75 Å². The molecule has 2 aromatic heterocycles. The number of benzene rings is 2. The normalized spacial score (nSPS) is 10.9. The molecule has 0 radical (unpaired) electrons. The van der Waals surface area contributed by atoms with Crippen molar-refractivity contribution in [2.75, 3.05) is 0 Å². The van der Waals surface area contributed by atoms with Gasteiger partial charge in [-0.3, -0.25) is 4.79 Å². The molecule has 0 saturated carbocycles. The third kappa shape index (κ3) is 3.27. The number of ether oxygens (including phenoxy) is 1. The average molecular weight is 376 g/mol. The molecule has 2 heterocycles. The SMILES string of the molecule is CC(=O)c1ccc(OC(=O)c2cc3c(C)nn(-c4ccccc4)c3s2)cc1. The summed E-state index contributed by atoms with van der Waals surface area (Å²) in [4.78, 5) is 25.3. The molecule has 0 spiro atoms. The van der Waals surface area contributed by atoms with E-state index in [1.165, 1.54) is 18.3 Å². The van der Waals surface area contributed by atoms with E-state index in [0.717, 1.165) is 21.6 Å². The van der Waals surface area contributed by atoms with Crippen molar-refractivity contribution in [3.63, 3.8) is 0 Å². The molecular weight excluding hydrogens is 360 g/mol. The van der Waals surface area contributed by atoms with Gasteiger partial charge >= 0.3 is 5.97 Å². The molecule has 0 bridgehead atoms. The highest BCUT2D eigenvalue weighted by atomic mass is 32.1. The molecule has 4 rings (SSSR count). The quantitative estimate of drug-likeness (QED) is 0.291. The lowest BCUT2D eigenvalue weighted by molar-refractivity contribution is 0.0740. The molecule has 0 aliphatic heterocycles. The van der Waals surface area contributed by atoms with Crippen LogP contribution in [0.3, 0.4) is 0 Å². The smallest absolute Gasteiger partial charge is 0.353 e. The number of aromatic nitrogens is 2. The zero-order chi connectivity index (χ0) is 19.0. The number of fused-ring (bicyclic) bond motifs is 1. The fourth-order valence-electron chi connectivity index (χ4n) is 2.81. The van der Waals surface area contributed by atoms with Crippen LogP contribution in [0.15, 0.2) is 60.7 Å². The second-order valence-corrected chi connectivity index (χ2v) is 7.16. The number of carbonyl (C=O) groups is 2. The maximum Gasteiger partial charge on any atom is 0.353 e. The maximum absolute atomic E-state index is 12.6. The maximum atomic E-state index is 12.6. The Morgan fingerprint density at radius 2 is 1.74 bits per heavy atom. The summed E-state index contributed by atoms with van der Waals surface area (Å²) in [5.74, 6) is -0.0482. The van der Waals surface area contributed by atoms with E-state index >= 15 is 0 Å². The number of hydrogen-bond acceptors (Lipinski definition) is 5. The largest absolute Gasteiger partial charge is 0.422 e. The number of aryl methyl sites for hydroxylation is 1. The molecule has 0 N–H and O–H groups in total. The zero-order valence-electron chi connectivity index (χ0n) is 14.8. The van der Waals surface area contributed by atoms with Gasteiger partial charge in [0.1, 0.15) is 15.5 Å². The van der Waals surface area contributed by atoms with E-state index in [1.807, 2.05) is 48.0 Å². The van der Waals surface area contributed by atoms with Crippen LogP contribution >= 0.6 is 11.3 Å². The Hall–Kier alpha value is -3.25. The lowest BCUT2D eigenvalue weighted by Crippen LogP contribution is -2.06. The molecule has 0 atom stereocenters. The van der Waals surface area contributed by atoms with Crippen molar-refractivity contribution >= 4 is 33.3 Å². The molecule has 4 aromatic rings. The second-order valence-electron chi connectivity index (χ2n) is 6.13. The number of Topliss-reactive ketones (excluding diaryl/α,β-unsaturated/α-hetero) is 1. The van der Waals surface area contributed by atoms with E-state index in [2.05, 4.69) is 5.10 Å². The van der Waals surface area contributed by atoms with Crippen LogP contribution in [0.4, 0.5) is 0 Å². The summed E-state index contributed by atoms with van der Waals surface area (Å²) in [6.07, 6.45) is 0. The first-order valence-corrected chi connectivity index (χ1v) is 9.22. The van der Waals surface area contributed by atoms with Gasteiger partial charge in [-0.1, -0.05) is 18.2 Å². The number of rotatable bonds is 4. The second kappa shape index (κ2) is 6.81. The minimum absolute atomic E-state index is 0.0293. The summed E-state index contributed by atoms with van der Waals surface area (Å²) in [6, 6.07) is 18.1. The first kappa shape index (κ1) is 17.2. The van der Waals surface area contributed by atoms with Crippen molar-refractivity contribution in [3.8, 4) is 11.4 Å². The van der Waals surface area contributed by atoms with Gasteiger partial charge < -0.3 is 4.74 Å². The van der Waals surface area contributed by atoms with Crippen LogP contribution in [0.25, 0.3) is 15.9 Å². The predicted molar refractivity (Wildman–Crippen MR) is 105 cm³/mol. The van der Waals surface area contributed by atoms with Gasteiger partial charge in [0.2, 0.25) is 0 Å². The highest BCUT2D eigenvalue weighted by molar-refractivity contribution is 7.20. The van der Waals surface area contributed by atoms with Gasteiger partial charge in [-0.15, -0.1) is 11.3 Å². The molecule has 0 unspecified atom stereocenters. The summed E-state index contributed by atoms with van der Waals surface area (Å²) in [6.45, 7) is 3.42. The van der Waals surface area contributed by atoms with E-state index in [1.54, 1.807) is 24.3 Å². The molecular formula is C21H16N2O3S. The van der Waals surface area contributed by atoms with Crippen LogP contribution < -0.4 is 4.74 Å². The van der Waals surface area contributed by atoms with Crippen molar-refractivity contribution < 1.29 is 14.3 Å². The Kier molecular flexibility index (Phi) is 4.33. The van der Waals surface area contributed by atoms with Crippen LogP contribution in [-0.4, -0.2) is 21.5 Å². The number of nitrogens with zero attached hydrogens (tertiary/aromatic N) is 2. The molecule has 0 amide bonds.